The first kappa shape index (κ1) is 26.4. The van der Waals surface area contributed by atoms with Crippen LogP contribution in [0.15, 0.2) is 78.0 Å². The van der Waals surface area contributed by atoms with Crippen LogP contribution in [0.3, 0.4) is 0 Å². The summed E-state index contributed by atoms with van der Waals surface area (Å²) in [7, 11) is 0.0673. The number of fused-ring (bicyclic) bond motifs is 2. The van der Waals surface area contributed by atoms with Crippen LogP contribution in [0, 0.1) is 19.3 Å². The van der Waals surface area contributed by atoms with E-state index in [9.17, 15) is 8.42 Å². The molecule has 8 heteroatoms. The van der Waals surface area contributed by atoms with Crippen molar-refractivity contribution >= 4 is 55.0 Å². The van der Waals surface area contributed by atoms with Crippen LogP contribution in [0.1, 0.15) is 22.6 Å². The molecule has 0 N–H and O–H groups in total. The number of hydrogen-bond acceptors (Lipinski definition) is 2. The third-order valence-corrected chi connectivity index (χ3v) is 9.32. The Balaban J connectivity index is 1.74. The van der Waals surface area contributed by atoms with Crippen LogP contribution < -0.4 is 0 Å². The number of aryl methyl sites for hydroxylation is 3. The van der Waals surface area contributed by atoms with Crippen molar-refractivity contribution in [3.63, 3.8) is 0 Å². The molecular formula is C30H27Cl2N3O2S. The zero-order valence-corrected chi connectivity index (χ0v) is 23.6. The van der Waals surface area contributed by atoms with Gasteiger partial charge in [-0.3, -0.25) is 0 Å². The lowest BCUT2D eigenvalue weighted by Crippen LogP contribution is -2.35. The van der Waals surface area contributed by atoms with E-state index in [1.54, 1.807) is 24.3 Å². The summed E-state index contributed by atoms with van der Waals surface area (Å²) in [5.74, 6) is 2.21. The number of nitrogens with zero attached hydrogens (tertiary/aromatic N) is 3. The van der Waals surface area contributed by atoms with Crippen molar-refractivity contribution in [2.24, 2.45) is 14.1 Å². The molecule has 0 bridgehead atoms. The second-order valence-electron chi connectivity index (χ2n) is 9.58. The van der Waals surface area contributed by atoms with Gasteiger partial charge in [-0.1, -0.05) is 46.8 Å². The molecular weight excluding hydrogens is 537 g/mol. The van der Waals surface area contributed by atoms with Gasteiger partial charge in [-0.05, 0) is 66.6 Å². The minimum Gasteiger partial charge on any atom is -0.350 e. The van der Waals surface area contributed by atoms with Gasteiger partial charge in [0.2, 0.25) is 10.0 Å². The Morgan fingerprint density at radius 1 is 0.868 bits per heavy atom. The Morgan fingerprint density at radius 3 is 1.84 bits per heavy atom. The molecule has 3 aromatic carbocycles. The number of halogens is 2. The molecule has 0 aliphatic rings. The van der Waals surface area contributed by atoms with Crippen molar-refractivity contribution in [2.75, 3.05) is 13.1 Å². The van der Waals surface area contributed by atoms with Crippen LogP contribution in [0.5, 0.6) is 0 Å². The highest BCUT2D eigenvalue weighted by atomic mass is 35.5. The van der Waals surface area contributed by atoms with E-state index in [0.717, 1.165) is 38.5 Å². The Hall–Kier alpha value is -3.21. The van der Waals surface area contributed by atoms with Crippen molar-refractivity contribution < 1.29 is 8.42 Å². The molecule has 0 unspecified atom stereocenters. The van der Waals surface area contributed by atoms with Gasteiger partial charge in [-0.2, -0.15) is 4.31 Å². The fourth-order valence-electron chi connectivity index (χ4n) is 5.12. The maximum Gasteiger partial charge on any atom is 0.243 e. The summed E-state index contributed by atoms with van der Waals surface area (Å²) in [4.78, 5) is 0.207. The topological polar surface area (TPSA) is 47.2 Å². The Bertz CT molecular complexity index is 1730. The molecule has 0 aliphatic heterocycles. The number of terminal acetylenes is 1. The van der Waals surface area contributed by atoms with Crippen molar-refractivity contribution in [3.8, 4) is 12.3 Å². The van der Waals surface area contributed by atoms with Gasteiger partial charge in [0, 0.05) is 70.8 Å². The summed E-state index contributed by atoms with van der Waals surface area (Å²) < 4.78 is 33.2. The number of rotatable bonds is 7. The zero-order chi connectivity index (χ0) is 27.2. The van der Waals surface area contributed by atoms with Gasteiger partial charge in [0.1, 0.15) is 0 Å². The maximum absolute atomic E-state index is 13.9. The minimum atomic E-state index is -3.88. The molecule has 0 atom stereocenters. The minimum absolute atomic E-state index is 0.0657. The Morgan fingerprint density at radius 2 is 1.37 bits per heavy atom. The summed E-state index contributed by atoms with van der Waals surface area (Å²) in [6, 6.07) is 18.3. The van der Waals surface area contributed by atoms with Gasteiger partial charge in [0.25, 0.3) is 0 Å². The molecule has 5 nitrogen and oxygen atoms in total. The molecule has 0 spiro atoms. The predicted octanol–water partition coefficient (Wildman–Crippen LogP) is 6.74. The number of aromatic nitrogens is 2. The second-order valence-corrected chi connectivity index (χ2v) is 12.4. The van der Waals surface area contributed by atoms with Crippen LogP contribution >= 0.6 is 23.2 Å². The average molecular weight is 565 g/mol. The lowest BCUT2D eigenvalue weighted by Gasteiger charge is -2.26. The van der Waals surface area contributed by atoms with Crippen molar-refractivity contribution in [1.29, 1.82) is 0 Å². The van der Waals surface area contributed by atoms with E-state index in [1.165, 1.54) is 4.31 Å². The van der Waals surface area contributed by atoms with E-state index < -0.39 is 10.0 Å². The maximum atomic E-state index is 13.9. The SMILES string of the molecule is C#CCN(CC(c1cn(C)c2ccc(Cl)cc12)c1cn(C)c2ccc(Cl)cc12)S(=O)(=O)c1ccc(C)cc1. The fraction of sp³-hybridized carbons (Fsp3) is 0.200. The molecule has 0 saturated heterocycles. The van der Waals surface area contributed by atoms with E-state index >= 15 is 0 Å². The molecule has 2 aromatic heterocycles. The van der Waals surface area contributed by atoms with Gasteiger partial charge in [-0.15, -0.1) is 6.42 Å². The van der Waals surface area contributed by atoms with Crippen molar-refractivity contribution in [1.82, 2.24) is 13.4 Å². The Labute approximate surface area is 233 Å². The van der Waals surface area contributed by atoms with Gasteiger partial charge >= 0.3 is 0 Å². The molecule has 0 radical (unpaired) electrons. The van der Waals surface area contributed by atoms with Gasteiger partial charge < -0.3 is 9.13 Å². The predicted molar refractivity (Wildman–Crippen MR) is 156 cm³/mol. The first-order valence-corrected chi connectivity index (χ1v) is 14.3. The largest absolute Gasteiger partial charge is 0.350 e. The van der Waals surface area contributed by atoms with Crippen molar-refractivity contribution in [3.05, 3.63) is 99.8 Å². The first-order valence-electron chi connectivity index (χ1n) is 12.1. The Kier molecular flexibility index (Phi) is 7.06. The number of hydrogen-bond donors (Lipinski definition) is 0. The molecule has 0 amide bonds. The monoisotopic (exact) mass is 563 g/mol. The molecule has 0 aliphatic carbocycles. The molecule has 0 saturated carbocycles. The van der Waals surface area contributed by atoms with Gasteiger partial charge in [0.05, 0.1) is 11.4 Å². The van der Waals surface area contributed by atoms with Crippen molar-refractivity contribution in [2.45, 2.75) is 17.7 Å². The summed E-state index contributed by atoms with van der Waals surface area (Å²) >= 11 is 12.9. The average Bonchev–Trinajstić information content (AvgIpc) is 3.37. The van der Waals surface area contributed by atoms with Gasteiger partial charge in [-0.25, -0.2) is 8.42 Å². The third kappa shape index (κ3) is 4.72. The van der Waals surface area contributed by atoms with Crippen LogP contribution in [0.4, 0.5) is 0 Å². The zero-order valence-electron chi connectivity index (χ0n) is 21.3. The summed E-state index contributed by atoms with van der Waals surface area (Å²) in [6.07, 6.45) is 9.80. The van der Waals surface area contributed by atoms with E-state index in [2.05, 4.69) is 5.92 Å². The normalized spacial score (nSPS) is 12.2. The molecule has 0 fully saturated rings. The first-order chi connectivity index (χ1) is 18.1. The quantitative estimate of drug-likeness (QED) is 0.206. The van der Waals surface area contributed by atoms with E-state index in [-0.39, 0.29) is 23.9 Å². The van der Waals surface area contributed by atoms with Crippen LogP contribution in [-0.2, 0) is 24.1 Å². The molecule has 38 heavy (non-hydrogen) atoms. The lowest BCUT2D eigenvalue weighted by atomic mass is 9.90. The molecule has 5 rings (SSSR count). The van der Waals surface area contributed by atoms with E-state index in [1.807, 2.05) is 78.9 Å². The van der Waals surface area contributed by atoms with Crippen LogP contribution in [0.2, 0.25) is 10.0 Å². The number of sulfonamides is 1. The highest BCUT2D eigenvalue weighted by Gasteiger charge is 2.31. The lowest BCUT2D eigenvalue weighted by molar-refractivity contribution is 0.433. The number of benzene rings is 3. The van der Waals surface area contributed by atoms with Crippen LogP contribution in [0.25, 0.3) is 21.8 Å². The molecule has 2 heterocycles. The fourth-order valence-corrected chi connectivity index (χ4v) is 6.83. The highest BCUT2D eigenvalue weighted by molar-refractivity contribution is 7.89. The smallest absolute Gasteiger partial charge is 0.243 e. The molecule has 5 aromatic rings. The summed E-state index contributed by atoms with van der Waals surface area (Å²) in [5.41, 5.74) is 4.89. The summed E-state index contributed by atoms with van der Waals surface area (Å²) in [5, 5.41) is 3.13. The van der Waals surface area contributed by atoms with Gasteiger partial charge in [0.15, 0.2) is 0 Å². The van der Waals surface area contributed by atoms with E-state index in [4.69, 9.17) is 29.6 Å². The standard InChI is InChI=1S/C30H27Cl2N3O2S/c1-5-14-35(38(36,37)23-10-6-20(2)7-11-23)19-28(26-17-33(3)29-12-8-21(31)15-24(26)29)27-18-34(4)30-13-9-22(32)16-25(27)30/h1,6-13,15-18,28H,14,19H2,2-4H3. The highest BCUT2D eigenvalue weighted by Crippen LogP contribution is 2.39. The van der Waals surface area contributed by atoms with Crippen LogP contribution in [-0.4, -0.2) is 34.9 Å². The third-order valence-electron chi connectivity index (χ3n) is 7.03. The molecule has 194 valence electrons. The summed E-state index contributed by atoms with van der Waals surface area (Å²) in [6.45, 7) is 1.99. The van der Waals surface area contributed by atoms with E-state index in [0.29, 0.717) is 10.0 Å². The second kappa shape index (κ2) is 10.2.